The Labute approximate surface area is 241 Å². The SMILES string of the molecule is CC[C@H](C)NC(=O)[C@@H](C)N(Cc1cccc(OC)c1)C(=O)CN(c1ccccc1C)S(=O)(=O)c1ccc(Cl)cc1. The van der Waals surface area contributed by atoms with E-state index in [9.17, 15) is 18.0 Å². The van der Waals surface area contributed by atoms with Crippen molar-refractivity contribution in [2.75, 3.05) is 18.0 Å². The normalized spacial score (nSPS) is 12.8. The number of benzene rings is 3. The molecule has 40 heavy (non-hydrogen) atoms. The molecule has 214 valence electrons. The Morgan fingerprint density at radius 1 is 1.00 bits per heavy atom. The zero-order chi connectivity index (χ0) is 29.4. The monoisotopic (exact) mass is 585 g/mol. The van der Waals surface area contributed by atoms with E-state index in [-0.39, 0.29) is 23.4 Å². The van der Waals surface area contributed by atoms with Gasteiger partial charge in [-0.05, 0) is 80.8 Å². The van der Waals surface area contributed by atoms with Crippen molar-refractivity contribution in [2.45, 2.75) is 57.6 Å². The number of hydrogen-bond acceptors (Lipinski definition) is 5. The van der Waals surface area contributed by atoms with Crippen molar-refractivity contribution in [2.24, 2.45) is 0 Å². The summed E-state index contributed by atoms with van der Waals surface area (Å²) >= 11 is 6.00. The van der Waals surface area contributed by atoms with Gasteiger partial charge in [0.1, 0.15) is 18.3 Å². The predicted octanol–water partition coefficient (Wildman–Crippen LogP) is 5.18. The second-order valence-electron chi connectivity index (χ2n) is 9.62. The smallest absolute Gasteiger partial charge is 0.264 e. The first-order chi connectivity index (χ1) is 19.0. The minimum Gasteiger partial charge on any atom is -0.497 e. The highest BCUT2D eigenvalue weighted by Gasteiger charge is 2.33. The maximum absolute atomic E-state index is 14.0. The second-order valence-corrected chi connectivity index (χ2v) is 11.9. The molecule has 0 heterocycles. The summed E-state index contributed by atoms with van der Waals surface area (Å²) in [6.07, 6.45) is 0.725. The molecule has 0 saturated carbocycles. The maximum atomic E-state index is 14.0. The van der Waals surface area contributed by atoms with Gasteiger partial charge in [0.2, 0.25) is 11.8 Å². The number of anilines is 1. The van der Waals surface area contributed by atoms with E-state index in [1.165, 1.54) is 29.2 Å². The van der Waals surface area contributed by atoms with Crippen LogP contribution in [0, 0.1) is 6.92 Å². The predicted molar refractivity (Wildman–Crippen MR) is 158 cm³/mol. The van der Waals surface area contributed by atoms with Crippen LogP contribution in [0.15, 0.2) is 77.7 Å². The molecule has 8 nitrogen and oxygen atoms in total. The molecule has 0 spiro atoms. The summed E-state index contributed by atoms with van der Waals surface area (Å²) in [6, 6.07) is 19.0. The van der Waals surface area contributed by atoms with Gasteiger partial charge in [-0.1, -0.05) is 48.9 Å². The zero-order valence-corrected chi connectivity index (χ0v) is 25.0. The molecule has 3 aromatic rings. The van der Waals surface area contributed by atoms with Crippen LogP contribution >= 0.6 is 11.6 Å². The van der Waals surface area contributed by atoms with E-state index in [1.54, 1.807) is 63.4 Å². The first kappa shape index (κ1) is 31.0. The topological polar surface area (TPSA) is 96.0 Å². The van der Waals surface area contributed by atoms with Crippen LogP contribution in [-0.2, 0) is 26.2 Å². The molecule has 1 N–H and O–H groups in total. The molecule has 2 amide bonds. The lowest BCUT2D eigenvalue weighted by Gasteiger charge is -2.33. The van der Waals surface area contributed by atoms with Crippen molar-refractivity contribution in [1.29, 1.82) is 0 Å². The van der Waals surface area contributed by atoms with Crippen LogP contribution < -0.4 is 14.4 Å². The average Bonchev–Trinajstić information content (AvgIpc) is 2.94. The number of para-hydroxylation sites is 1. The van der Waals surface area contributed by atoms with E-state index in [1.807, 2.05) is 19.9 Å². The first-order valence-electron chi connectivity index (χ1n) is 13.0. The van der Waals surface area contributed by atoms with Crippen LogP contribution in [0.4, 0.5) is 5.69 Å². The lowest BCUT2D eigenvalue weighted by Crippen LogP contribution is -2.52. The number of ether oxygens (including phenoxy) is 1. The number of carbonyl (C=O) groups excluding carboxylic acids is 2. The summed E-state index contributed by atoms with van der Waals surface area (Å²) in [4.78, 5) is 28.6. The number of aryl methyl sites for hydroxylation is 1. The van der Waals surface area contributed by atoms with Gasteiger partial charge in [-0.2, -0.15) is 0 Å². The number of methoxy groups -OCH3 is 1. The molecule has 0 unspecified atom stereocenters. The van der Waals surface area contributed by atoms with Crippen LogP contribution in [0.25, 0.3) is 0 Å². The molecular formula is C30H36ClN3O5S. The lowest BCUT2D eigenvalue weighted by atomic mass is 10.1. The van der Waals surface area contributed by atoms with Crippen LogP contribution in [0.2, 0.25) is 5.02 Å². The number of sulfonamides is 1. The van der Waals surface area contributed by atoms with Crippen molar-refractivity contribution >= 4 is 39.1 Å². The van der Waals surface area contributed by atoms with Gasteiger partial charge in [-0.25, -0.2) is 8.42 Å². The number of nitrogens with zero attached hydrogens (tertiary/aromatic N) is 2. The molecule has 3 aromatic carbocycles. The van der Waals surface area contributed by atoms with Gasteiger partial charge in [0.15, 0.2) is 0 Å². The number of nitrogens with one attached hydrogen (secondary N) is 1. The van der Waals surface area contributed by atoms with Crippen LogP contribution in [0.3, 0.4) is 0 Å². The Kier molecular flexibility index (Phi) is 10.6. The molecule has 0 aromatic heterocycles. The summed E-state index contributed by atoms with van der Waals surface area (Å²) in [7, 11) is -2.62. The minimum absolute atomic E-state index is 0.00476. The number of hydrogen-bond donors (Lipinski definition) is 1. The third kappa shape index (κ3) is 7.55. The van der Waals surface area contributed by atoms with E-state index in [0.717, 1.165) is 16.3 Å². The van der Waals surface area contributed by atoms with Gasteiger partial charge >= 0.3 is 0 Å². The summed E-state index contributed by atoms with van der Waals surface area (Å²) in [5.41, 5.74) is 1.78. The second kappa shape index (κ2) is 13.7. The quantitative estimate of drug-likeness (QED) is 0.316. The molecule has 0 aliphatic heterocycles. The van der Waals surface area contributed by atoms with Gasteiger partial charge in [-0.15, -0.1) is 0 Å². The lowest BCUT2D eigenvalue weighted by molar-refractivity contribution is -0.139. The average molecular weight is 586 g/mol. The Morgan fingerprint density at radius 3 is 2.30 bits per heavy atom. The highest BCUT2D eigenvalue weighted by Crippen LogP contribution is 2.28. The summed E-state index contributed by atoms with van der Waals surface area (Å²) in [5, 5.41) is 3.32. The molecule has 0 fully saturated rings. The number of halogens is 1. The van der Waals surface area contributed by atoms with E-state index in [2.05, 4.69) is 5.32 Å². The molecule has 0 saturated heterocycles. The number of carbonyl (C=O) groups is 2. The van der Waals surface area contributed by atoms with Crippen LogP contribution in [-0.4, -0.2) is 50.9 Å². The molecule has 0 aliphatic rings. The van der Waals surface area contributed by atoms with Gasteiger partial charge in [0.05, 0.1) is 17.7 Å². The van der Waals surface area contributed by atoms with Gasteiger partial charge in [0.25, 0.3) is 10.0 Å². The van der Waals surface area contributed by atoms with Gasteiger partial charge < -0.3 is 15.0 Å². The van der Waals surface area contributed by atoms with Crippen molar-refractivity contribution in [3.05, 3.63) is 88.9 Å². The fourth-order valence-electron chi connectivity index (χ4n) is 4.11. The molecule has 10 heteroatoms. The fraction of sp³-hybridized carbons (Fsp3) is 0.333. The molecule has 3 rings (SSSR count). The van der Waals surface area contributed by atoms with E-state index >= 15 is 0 Å². The Hall–Kier alpha value is -3.56. The highest BCUT2D eigenvalue weighted by molar-refractivity contribution is 7.92. The third-order valence-electron chi connectivity index (χ3n) is 6.72. The van der Waals surface area contributed by atoms with Crippen molar-refractivity contribution in [3.63, 3.8) is 0 Å². The zero-order valence-electron chi connectivity index (χ0n) is 23.4. The van der Waals surface area contributed by atoms with Crippen molar-refractivity contribution < 1.29 is 22.7 Å². The molecule has 0 aliphatic carbocycles. The summed E-state index contributed by atoms with van der Waals surface area (Å²) in [5.74, 6) is -0.252. The van der Waals surface area contributed by atoms with Gasteiger partial charge in [0, 0.05) is 17.6 Å². The Balaban J connectivity index is 2.04. The van der Waals surface area contributed by atoms with Gasteiger partial charge in [-0.3, -0.25) is 13.9 Å². The largest absolute Gasteiger partial charge is 0.497 e. The van der Waals surface area contributed by atoms with Crippen molar-refractivity contribution in [1.82, 2.24) is 10.2 Å². The third-order valence-corrected chi connectivity index (χ3v) is 8.75. The van der Waals surface area contributed by atoms with E-state index < -0.39 is 28.5 Å². The van der Waals surface area contributed by atoms with Crippen LogP contribution in [0.1, 0.15) is 38.3 Å². The van der Waals surface area contributed by atoms with E-state index in [0.29, 0.717) is 22.0 Å². The minimum atomic E-state index is -4.17. The molecular weight excluding hydrogens is 550 g/mol. The fourth-order valence-corrected chi connectivity index (χ4v) is 5.71. The van der Waals surface area contributed by atoms with Crippen LogP contribution in [0.5, 0.6) is 5.75 Å². The molecule has 0 radical (unpaired) electrons. The molecule has 2 atom stereocenters. The standard InChI is InChI=1S/C30H36ClN3O5S/c1-6-22(3)32-30(36)23(4)33(19-24-11-9-12-26(18-24)39-5)29(35)20-34(28-13-8-7-10-21(28)2)40(37,38)27-16-14-25(31)15-17-27/h7-18,22-23H,6,19-20H2,1-5H3,(H,32,36)/t22-,23+/m0/s1. The summed E-state index contributed by atoms with van der Waals surface area (Å²) < 4.78 is 34.2. The Morgan fingerprint density at radius 2 is 1.68 bits per heavy atom. The maximum Gasteiger partial charge on any atom is 0.264 e. The first-order valence-corrected chi connectivity index (χ1v) is 14.9. The summed E-state index contributed by atoms with van der Waals surface area (Å²) in [6.45, 7) is 6.82. The highest BCUT2D eigenvalue weighted by atomic mass is 35.5. The molecule has 0 bridgehead atoms. The Bertz CT molecular complexity index is 1430. The number of rotatable bonds is 12. The number of amides is 2. The van der Waals surface area contributed by atoms with E-state index in [4.69, 9.17) is 16.3 Å². The van der Waals surface area contributed by atoms with Crippen molar-refractivity contribution in [3.8, 4) is 5.75 Å².